The van der Waals surface area contributed by atoms with Crippen LogP contribution in [0.25, 0.3) is 0 Å². The second kappa shape index (κ2) is 9.61. The minimum absolute atomic E-state index is 0.255. The van der Waals surface area contributed by atoms with E-state index in [4.69, 9.17) is 2.81 Å². The van der Waals surface area contributed by atoms with Crippen molar-refractivity contribution in [1.82, 2.24) is 0 Å². The van der Waals surface area contributed by atoms with Crippen LogP contribution in [-0.4, -0.2) is 5.78 Å². The van der Waals surface area contributed by atoms with Crippen LogP contribution in [0.15, 0.2) is 0 Å². The molecule has 0 heterocycles. The summed E-state index contributed by atoms with van der Waals surface area (Å²) >= 11 is 0.300. The van der Waals surface area contributed by atoms with Crippen LogP contribution in [0.2, 0.25) is 0 Å². The molecule has 0 N–H and O–H groups in total. The third-order valence-corrected chi connectivity index (χ3v) is 0.498. The summed E-state index contributed by atoms with van der Waals surface area (Å²) in [7, 11) is 0. The third-order valence-electron chi connectivity index (χ3n) is 0.498. The molecule has 0 fully saturated rings. The molecule has 0 aliphatic carbocycles. The molecule has 3 heteroatoms. The molecule has 0 atom stereocenters. The van der Waals surface area contributed by atoms with Gasteiger partial charge in [-0.2, -0.15) is 0 Å². The van der Waals surface area contributed by atoms with E-state index in [0.717, 1.165) is 0 Å². The van der Waals surface area contributed by atoms with Gasteiger partial charge >= 0.3 is 27.5 Å². The molecule has 0 bridgehead atoms. The van der Waals surface area contributed by atoms with Crippen LogP contribution in [0, 0.1) is 0 Å². The number of Topliss-reactive ketones (excluding diaryl/α,β-unsaturated/α-hetero) is 1. The van der Waals surface area contributed by atoms with Crippen molar-refractivity contribution < 1.29 is 32.3 Å². The van der Waals surface area contributed by atoms with Crippen molar-refractivity contribution in [1.29, 1.82) is 0 Å². The fourth-order valence-corrected chi connectivity index (χ4v) is 0. The van der Waals surface area contributed by atoms with Crippen LogP contribution in [0.4, 0.5) is 0 Å². The van der Waals surface area contributed by atoms with Crippen LogP contribution in [0.5, 0.6) is 0 Å². The molecule has 0 aliphatic rings. The zero-order valence-electron chi connectivity index (χ0n) is 4.52. The Bertz CT molecular complexity index is 53.7. The third kappa shape index (κ3) is 21.7. The predicted molar refractivity (Wildman–Crippen MR) is 21.7 cm³/mol. The Hall–Kier alpha value is 0.353. The van der Waals surface area contributed by atoms with Crippen molar-refractivity contribution in [3.05, 3.63) is 0 Å². The average molecular weight is 179 g/mol. The number of carbonyl (C=O) groups excluding carboxylic acids is 1. The van der Waals surface area contributed by atoms with E-state index in [1.807, 2.05) is 6.92 Å². The first-order chi connectivity index (χ1) is 3.27. The maximum atomic E-state index is 9.81. The summed E-state index contributed by atoms with van der Waals surface area (Å²) < 4.78 is 8.34. The monoisotopic (exact) mass is 178 g/mol. The molecule has 0 rings (SSSR count). The van der Waals surface area contributed by atoms with Crippen molar-refractivity contribution in [2.75, 3.05) is 0 Å². The summed E-state index contributed by atoms with van der Waals surface area (Å²) in [5, 5.41) is 0. The van der Waals surface area contributed by atoms with Crippen molar-refractivity contribution in [3.63, 3.8) is 0 Å². The van der Waals surface area contributed by atoms with Gasteiger partial charge in [-0.15, -0.1) is 0 Å². The summed E-state index contributed by atoms with van der Waals surface area (Å²) in [5.74, 6) is 0.255. The average Bonchev–Trinajstić information content (AvgIpc) is 1.73. The van der Waals surface area contributed by atoms with Gasteiger partial charge in [-0.05, 0) is 6.92 Å². The summed E-state index contributed by atoms with van der Waals surface area (Å²) in [4.78, 5) is 9.81. The van der Waals surface area contributed by atoms with Gasteiger partial charge in [0.1, 0.15) is 5.78 Å². The second-order valence-corrected chi connectivity index (χ2v) is 1.06. The van der Waals surface area contributed by atoms with Gasteiger partial charge in [0.05, 0.1) is 0 Å². The molecule has 7 heavy (non-hydrogen) atoms. The van der Waals surface area contributed by atoms with Crippen LogP contribution < -0.4 is 0 Å². The molecule has 0 radical (unpaired) electrons. The van der Waals surface area contributed by atoms with E-state index in [1.54, 1.807) is 6.92 Å². The first kappa shape index (κ1) is 10.4. The maximum absolute atomic E-state index is 9.81. The van der Waals surface area contributed by atoms with Crippen LogP contribution in [0.3, 0.4) is 0 Å². The van der Waals surface area contributed by atoms with E-state index in [-0.39, 0.29) is 5.78 Å². The Kier molecular flexibility index (Phi) is 14.2. The van der Waals surface area contributed by atoms with Gasteiger partial charge in [0, 0.05) is 6.42 Å². The van der Waals surface area contributed by atoms with Gasteiger partial charge in [-0.3, -0.25) is 0 Å². The van der Waals surface area contributed by atoms with Gasteiger partial charge in [0.25, 0.3) is 0 Å². The molecule has 0 amide bonds. The first-order valence-electron chi connectivity index (χ1n) is 1.97. The molecule has 0 saturated heterocycles. The van der Waals surface area contributed by atoms with E-state index in [9.17, 15) is 4.79 Å². The molecule has 2 nitrogen and oxygen atoms in total. The van der Waals surface area contributed by atoms with E-state index < -0.39 is 0 Å². The number of ketones is 1. The van der Waals surface area contributed by atoms with Gasteiger partial charge in [-0.25, -0.2) is 0 Å². The zero-order valence-corrected chi connectivity index (χ0v) is 6.98. The fraction of sp³-hybridized carbons (Fsp3) is 0.750. The summed E-state index contributed by atoms with van der Waals surface area (Å²) in [6.45, 7) is 3.43. The Balaban J connectivity index is 0. The van der Waals surface area contributed by atoms with Crippen molar-refractivity contribution in [3.8, 4) is 0 Å². The molecule has 0 aromatic carbocycles. The standard InChI is InChI=1S/C4H8O.O.Zr/c1-3-4(2)5;;/h3H2,1-2H3;;. The molecular formula is C4H8O2Zr. The van der Waals surface area contributed by atoms with Crippen LogP contribution in [-0.2, 0) is 32.3 Å². The van der Waals surface area contributed by atoms with Gasteiger partial charge in [0.2, 0.25) is 0 Å². The van der Waals surface area contributed by atoms with Gasteiger partial charge in [-0.1, -0.05) is 6.92 Å². The molecular weight excluding hydrogens is 171 g/mol. The molecule has 0 aliphatic heterocycles. The predicted octanol–water partition coefficient (Wildman–Crippen LogP) is 0.864. The molecule has 0 aromatic rings. The fourth-order valence-electron chi connectivity index (χ4n) is 0. The minimum atomic E-state index is 0.255. The second-order valence-electron chi connectivity index (χ2n) is 1.06. The normalized spacial score (nSPS) is 5.86. The van der Waals surface area contributed by atoms with E-state index in [1.165, 1.54) is 0 Å². The number of hydrogen-bond donors (Lipinski definition) is 0. The molecule has 0 unspecified atom stereocenters. The summed E-state index contributed by atoms with van der Waals surface area (Å²) in [6, 6.07) is 0. The zero-order chi connectivity index (χ0) is 6.28. The SMILES string of the molecule is CCC(C)=O.[O]=[Zr]. The Morgan fingerprint density at radius 2 is 1.71 bits per heavy atom. The van der Waals surface area contributed by atoms with E-state index in [0.29, 0.717) is 31.1 Å². The van der Waals surface area contributed by atoms with Crippen LogP contribution in [0.1, 0.15) is 20.3 Å². The van der Waals surface area contributed by atoms with Gasteiger partial charge in [0.15, 0.2) is 0 Å². The van der Waals surface area contributed by atoms with Gasteiger partial charge < -0.3 is 4.79 Å². The Morgan fingerprint density at radius 1 is 1.57 bits per heavy atom. The molecule has 40 valence electrons. The summed E-state index contributed by atoms with van der Waals surface area (Å²) in [6.07, 6.45) is 0.667. The van der Waals surface area contributed by atoms with Crippen LogP contribution >= 0.6 is 0 Å². The van der Waals surface area contributed by atoms with E-state index in [2.05, 4.69) is 0 Å². The Labute approximate surface area is 58.6 Å². The van der Waals surface area contributed by atoms with E-state index >= 15 is 0 Å². The molecule has 0 aromatic heterocycles. The number of rotatable bonds is 1. The molecule has 0 saturated carbocycles. The quantitative estimate of drug-likeness (QED) is 0.598. The molecule has 0 spiro atoms. The summed E-state index contributed by atoms with van der Waals surface area (Å²) in [5.41, 5.74) is 0. The van der Waals surface area contributed by atoms with Crippen molar-refractivity contribution >= 4 is 5.78 Å². The number of hydrogen-bond acceptors (Lipinski definition) is 2. The van der Waals surface area contributed by atoms with Crippen molar-refractivity contribution in [2.45, 2.75) is 20.3 Å². The number of carbonyl (C=O) groups is 1. The Morgan fingerprint density at radius 3 is 1.71 bits per heavy atom. The van der Waals surface area contributed by atoms with Crippen molar-refractivity contribution in [2.24, 2.45) is 0 Å². The first-order valence-corrected chi connectivity index (χ1v) is 2.97. The topological polar surface area (TPSA) is 34.1 Å².